The predicted octanol–water partition coefficient (Wildman–Crippen LogP) is 1.68. The number of nitrogens with one attached hydrogen (secondary N) is 2. The van der Waals surface area contributed by atoms with Crippen LogP contribution in [0.4, 0.5) is 0 Å². The molecular weight excluding hydrogens is 300 g/mol. The van der Waals surface area contributed by atoms with E-state index in [4.69, 9.17) is 16.3 Å². The van der Waals surface area contributed by atoms with Crippen LogP contribution in [-0.2, 0) is 21.3 Å². The van der Waals surface area contributed by atoms with Gasteiger partial charge in [-0.15, -0.1) is 0 Å². The van der Waals surface area contributed by atoms with E-state index < -0.39 is 10.0 Å². The zero-order chi connectivity index (χ0) is 15.2. The Kier molecular flexibility index (Phi) is 6.91. The highest BCUT2D eigenvalue weighted by molar-refractivity contribution is 7.89. The summed E-state index contributed by atoms with van der Waals surface area (Å²) in [7, 11) is -1.78. The van der Waals surface area contributed by atoms with Crippen LogP contribution in [0.5, 0.6) is 0 Å². The number of ether oxygens (including phenoxy) is 1. The van der Waals surface area contributed by atoms with Gasteiger partial charge in [-0.2, -0.15) is 0 Å². The second kappa shape index (κ2) is 7.95. The van der Waals surface area contributed by atoms with Gasteiger partial charge in [0, 0.05) is 24.7 Å². The third kappa shape index (κ3) is 4.71. The molecule has 0 fully saturated rings. The van der Waals surface area contributed by atoms with E-state index in [1.165, 1.54) is 6.07 Å². The minimum Gasteiger partial charge on any atom is -0.380 e. The Balaban J connectivity index is 2.99. The van der Waals surface area contributed by atoms with E-state index in [2.05, 4.69) is 10.0 Å². The molecule has 0 bridgehead atoms. The molecule has 1 rings (SSSR count). The van der Waals surface area contributed by atoms with E-state index in [1.54, 1.807) is 20.0 Å². The molecule has 0 radical (unpaired) electrons. The first-order valence-corrected chi connectivity index (χ1v) is 8.29. The Bertz CT molecular complexity index is 547. The van der Waals surface area contributed by atoms with Gasteiger partial charge in [0.25, 0.3) is 0 Å². The van der Waals surface area contributed by atoms with E-state index >= 15 is 0 Å². The summed E-state index contributed by atoms with van der Waals surface area (Å²) in [6.07, 6.45) is 0. The Morgan fingerprint density at radius 2 is 2.05 bits per heavy atom. The number of halogens is 1. The van der Waals surface area contributed by atoms with Gasteiger partial charge in [-0.3, -0.25) is 0 Å². The minimum atomic E-state index is -3.58. The molecule has 114 valence electrons. The van der Waals surface area contributed by atoms with Crippen molar-refractivity contribution in [2.75, 3.05) is 26.8 Å². The van der Waals surface area contributed by atoms with Crippen molar-refractivity contribution in [3.8, 4) is 0 Å². The van der Waals surface area contributed by atoms with Crippen LogP contribution in [0.3, 0.4) is 0 Å². The minimum absolute atomic E-state index is 0.215. The van der Waals surface area contributed by atoms with Crippen molar-refractivity contribution in [3.63, 3.8) is 0 Å². The second-order valence-electron chi connectivity index (χ2n) is 4.31. The molecule has 0 saturated heterocycles. The van der Waals surface area contributed by atoms with Crippen molar-refractivity contribution in [1.82, 2.24) is 10.0 Å². The lowest BCUT2D eigenvalue weighted by Crippen LogP contribution is -2.28. The molecule has 1 aromatic rings. The summed E-state index contributed by atoms with van der Waals surface area (Å²) in [5.74, 6) is 0. The summed E-state index contributed by atoms with van der Waals surface area (Å²) < 4.78 is 32.2. The lowest BCUT2D eigenvalue weighted by molar-refractivity contribution is 0.153. The summed E-state index contributed by atoms with van der Waals surface area (Å²) in [5, 5.41) is 3.41. The molecule has 1 aromatic carbocycles. The SMILES string of the molecule is CCOCCNS(=O)(=O)c1cc(Cl)cc(CNC)c1C. The molecule has 0 amide bonds. The molecule has 0 unspecified atom stereocenters. The van der Waals surface area contributed by atoms with E-state index in [9.17, 15) is 8.42 Å². The second-order valence-corrected chi connectivity index (χ2v) is 6.48. The summed E-state index contributed by atoms with van der Waals surface area (Å²) >= 11 is 6.00. The summed E-state index contributed by atoms with van der Waals surface area (Å²) in [5.41, 5.74) is 1.57. The third-order valence-corrected chi connectivity index (χ3v) is 4.64. The Morgan fingerprint density at radius 3 is 2.65 bits per heavy atom. The van der Waals surface area contributed by atoms with Crippen LogP contribution in [0.2, 0.25) is 5.02 Å². The van der Waals surface area contributed by atoms with E-state index in [0.717, 1.165) is 5.56 Å². The maximum Gasteiger partial charge on any atom is 0.240 e. The zero-order valence-electron chi connectivity index (χ0n) is 12.0. The zero-order valence-corrected chi connectivity index (χ0v) is 13.6. The summed E-state index contributed by atoms with van der Waals surface area (Å²) in [4.78, 5) is 0.215. The van der Waals surface area contributed by atoms with Crippen molar-refractivity contribution in [2.45, 2.75) is 25.3 Å². The molecule has 0 aromatic heterocycles. The van der Waals surface area contributed by atoms with Crippen LogP contribution in [0.1, 0.15) is 18.1 Å². The highest BCUT2D eigenvalue weighted by Crippen LogP contribution is 2.24. The summed E-state index contributed by atoms with van der Waals surface area (Å²) in [6, 6.07) is 3.24. The fourth-order valence-corrected chi connectivity index (χ4v) is 3.46. The maximum atomic E-state index is 12.3. The molecule has 0 aliphatic carbocycles. The normalized spacial score (nSPS) is 11.8. The van der Waals surface area contributed by atoms with E-state index in [0.29, 0.717) is 30.3 Å². The molecule has 0 atom stereocenters. The van der Waals surface area contributed by atoms with Crippen LogP contribution in [-0.4, -0.2) is 35.2 Å². The van der Waals surface area contributed by atoms with Crippen LogP contribution >= 0.6 is 11.6 Å². The van der Waals surface area contributed by atoms with Gasteiger partial charge in [-0.05, 0) is 44.2 Å². The van der Waals surface area contributed by atoms with Crippen molar-refractivity contribution >= 4 is 21.6 Å². The van der Waals surface area contributed by atoms with Gasteiger partial charge in [0.05, 0.1) is 11.5 Å². The van der Waals surface area contributed by atoms with Crippen LogP contribution < -0.4 is 10.0 Å². The molecule has 0 spiro atoms. The average Bonchev–Trinajstić information content (AvgIpc) is 2.39. The van der Waals surface area contributed by atoms with E-state index in [1.807, 2.05) is 6.92 Å². The highest BCUT2D eigenvalue weighted by Gasteiger charge is 2.19. The number of hydrogen-bond donors (Lipinski definition) is 2. The smallest absolute Gasteiger partial charge is 0.240 e. The van der Waals surface area contributed by atoms with Crippen LogP contribution in [0.25, 0.3) is 0 Å². The number of hydrogen-bond acceptors (Lipinski definition) is 4. The first-order valence-electron chi connectivity index (χ1n) is 6.43. The standard InChI is InChI=1S/C13H21ClN2O3S/c1-4-19-6-5-16-20(17,18)13-8-12(14)7-11(9-15-3)10(13)2/h7-8,15-16H,4-6,9H2,1-3H3. The lowest BCUT2D eigenvalue weighted by atomic mass is 10.1. The molecular formula is C13H21ClN2O3S. The van der Waals surface area contributed by atoms with E-state index in [-0.39, 0.29) is 11.4 Å². The topological polar surface area (TPSA) is 67.4 Å². The maximum absolute atomic E-state index is 12.3. The molecule has 5 nitrogen and oxygen atoms in total. The quantitative estimate of drug-likeness (QED) is 0.715. The Morgan fingerprint density at radius 1 is 1.35 bits per heavy atom. The number of sulfonamides is 1. The van der Waals surface area contributed by atoms with Crippen molar-refractivity contribution < 1.29 is 13.2 Å². The molecule has 0 saturated carbocycles. The van der Waals surface area contributed by atoms with Crippen LogP contribution in [0.15, 0.2) is 17.0 Å². The predicted molar refractivity (Wildman–Crippen MR) is 80.6 cm³/mol. The molecule has 0 aliphatic heterocycles. The molecule has 7 heteroatoms. The molecule has 0 heterocycles. The van der Waals surface area contributed by atoms with Gasteiger partial charge in [0.1, 0.15) is 0 Å². The van der Waals surface area contributed by atoms with Crippen molar-refractivity contribution in [3.05, 3.63) is 28.3 Å². The van der Waals surface area contributed by atoms with Gasteiger partial charge >= 0.3 is 0 Å². The lowest BCUT2D eigenvalue weighted by Gasteiger charge is -2.13. The summed E-state index contributed by atoms with van der Waals surface area (Å²) in [6.45, 7) is 5.35. The number of rotatable bonds is 8. The van der Waals surface area contributed by atoms with Gasteiger partial charge in [-0.25, -0.2) is 13.1 Å². The first-order chi connectivity index (χ1) is 9.42. The molecule has 20 heavy (non-hydrogen) atoms. The van der Waals surface area contributed by atoms with Gasteiger partial charge < -0.3 is 10.1 Å². The van der Waals surface area contributed by atoms with Crippen molar-refractivity contribution in [1.29, 1.82) is 0 Å². The average molecular weight is 321 g/mol. The fourth-order valence-electron chi connectivity index (χ4n) is 1.83. The van der Waals surface area contributed by atoms with Gasteiger partial charge in [0.2, 0.25) is 10.0 Å². The van der Waals surface area contributed by atoms with Gasteiger partial charge in [0.15, 0.2) is 0 Å². The van der Waals surface area contributed by atoms with Crippen molar-refractivity contribution in [2.24, 2.45) is 0 Å². The third-order valence-electron chi connectivity index (χ3n) is 2.83. The van der Waals surface area contributed by atoms with Crippen LogP contribution in [0, 0.1) is 6.92 Å². The largest absolute Gasteiger partial charge is 0.380 e. The highest BCUT2D eigenvalue weighted by atomic mass is 35.5. The van der Waals surface area contributed by atoms with Gasteiger partial charge in [-0.1, -0.05) is 11.6 Å². The Hall–Kier alpha value is -0.660. The number of benzene rings is 1. The first kappa shape index (κ1) is 17.4. The molecule has 0 aliphatic rings. The molecule has 2 N–H and O–H groups in total. The monoisotopic (exact) mass is 320 g/mol. The Labute approximate surface area is 125 Å². The fraction of sp³-hybridized carbons (Fsp3) is 0.538.